The number of hydrogen-bond acceptors (Lipinski definition) is 8. The van der Waals surface area contributed by atoms with Gasteiger partial charge in [-0.05, 0) is 6.92 Å². The standard InChI is InChI=1S/C12H20O8/c1-6(2)11(17)18-3-4-19-12-10(16)9(15)8(14)7(5-13)20-12/h7-10,12-16H,1,3-5H2,2H3/t7-,8-,9+,10-,12-/m1/s1. The largest absolute Gasteiger partial charge is 0.460 e. The van der Waals surface area contributed by atoms with Crippen molar-refractivity contribution in [3.05, 3.63) is 12.2 Å². The van der Waals surface area contributed by atoms with E-state index in [1.165, 1.54) is 6.92 Å². The first-order chi connectivity index (χ1) is 9.38. The van der Waals surface area contributed by atoms with Crippen LogP contribution in [0.2, 0.25) is 0 Å². The predicted molar refractivity (Wildman–Crippen MR) is 65.5 cm³/mol. The Morgan fingerprint density at radius 3 is 2.40 bits per heavy atom. The van der Waals surface area contributed by atoms with E-state index in [1.54, 1.807) is 0 Å². The average Bonchev–Trinajstić information content (AvgIpc) is 2.42. The zero-order chi connectivity index (χ0) is 15.3. The molecule has 4 N–H and O–H groups in total. The highest BCUT2D eigenvalue weighted by molar-refractivity contribution is 5.86. The molecule has 1 saturated heterocycles. The SMILES string of the molecule is C=C(C)C(=O)OCCO[C@@H]1O[C@H](CO)[C@@H](O)[C@H](O)[C@H]1O. The molecular formula is C12H20O8. The second-order valence-electron chi connectivity index (χ2n) is 4.48. The van der Waals surface area contributed by atoms with Crippen LogP contribution >= 0.6 is 0 Å². The Bertz CT molecular complexity index is 342. The molecule has 0 aromatic rings. The third-order valence-electron chi connectivity index (χ3n) is 2.80. The molecule has 0 bridgehead atoms. The van der Waals surface area contributed by atoms with Crippen molar-refractivity contribution in [1.29, 1.82) is 0 Å². The molecule has 0 saturated carbocycles. The van der Waals surface area contributed by atoms with E-state index in [0.29, 0.717) is 0 Å². The summed E-state index contributed by atoms with van der Waals surface area (Å²) in [6.45, 7) is 4.21. The van der Waals surface area contributed by atoms with Crippen molar-refractivity contribution >= 4 is 5.97 Å². The first-order valence-corrected chi connectivity index (χ1v) is 6.13. The molecule has 0 spiro atoms. The van der Waals surface area contributed by atoms with E-state index >= 15 is 0 Å². The second kappa shape index (κ2) is 7.67. The molecule has 8 nitrogen and oxygen atoms in total. The Kier molecular flexibility index (Phi) is 6.53. The minimum atomic E-state index is -1.50. The molecule has 0 aromatic carbocycles. The van der Waals surface area contributed by atoms with Gasteiger partial charge in [-0.2, -0.15) is 0 Å². The lowest BCUT2D eigenvalue weighted by molar-refractivity contribution is -0.302. The Morgan fingerprint density at radius 2 is 1.85 bits per heavy atom. The molecule has 0 aromatic heterocycles. The van der Waals surface area contributed by atoms with Crippen molar-refractivity contribution in [2.45, 2.75) is 37.6 Å². The molecule has 5 atom stereocenters. The predicted octanol–water partition coefficient (Wildman–Crippen LogP) is -2.08. The summed E-state index contributed by atoms with van der Waals surface area (Å²) in [5.74, 6) is -0.567. The van der Waals surface area contributed by atoms with Gasteiger partial charge in [0.05, 0.1) is 13.2 Å². The highest BCUT2D eigenvalue weighted by Gasteiger charge is 2.43. The topological polar surface area (TPSA) is 126 Å². The van der Waals surface area contributed by atoms with Crippen LogP contribution in [0.5, 0.6) is 0 Å². The number of ether oxygens (including phenoxy) is 3. The Labute approximate surface area is 116 Å². The molecule has 0 unspecified atom stereocenters. The Morgan fingerprint density at radius 1 is 1.20 bits per heavy atom. The summed E-state index contributed by atoms with van der Waals surface area (Å²) in [6.07, 6.45) is -6.66. The molecule has 0 radical (unpaired) electrons. The molecule has 1 aliphatic rings. The summed E-state index contributed by atoms with van der Waals surface area (Å²) in [6, 6.07) is 0. The molecule has 0 amide bonds. The zero-order valence-electron chi connectivity index (χ0n) is 11.1. The van der Waals surface area contributed by atoms with Crippen LogP contribution in [0.4, 0.5) is 0 Å². The lowest BCUT2D eigenvalue weighted by Gasteiger charge is -2.39. The fraction of sp³-hybridized carbons (Fsp3) is 0.750. The lowest BCUT2D eigenvalue weighted by atomic mass is 9.99. The minimum absolute atomic E-state index is 0.0816. The van der Waals surface area contributed by atoms with Gasteiger partial charge < -0.3 is 34.6 Å². The summed E-state index contributed by atoms with van der Waals surface area (Å²) in [4.78, 5) is 11.1. The molecule has 20 heavy (non-hydrogen) atoms. The summed E-state index contributed by atoms with van der Waals surface area (Å²) >= 11 is 0. The minimum Gasteiger partial charge on any atom is -0.460 e. The molecule has 8 heteroatoms. The quantitative estimate of drug-likeness (QED) is 0.250. The van der Waals surface area contributed by atoms with Gasteiger partial charge >= 0.3 is 5.97 Å². The maximum Gasteiger partial charge on any atom is 0.333 e. The monoisotopic (exact) mass is 292 g/mol. The fourth-order valence-electron chi connectivity index (χ4n) is 1.63. The first-order valence-electron chi connectivity index (χ1n) is 6.13. The van der Waals surface area contributed by atoms with E-state index in [4.69, 9.17) is 19.3 Å². The third kappa shape index (κ3) is 4.23. The second-order valence-corrected chi connectivity index (χ2v) is 4.48. The summed E-state index contributed by atoms with van der Waals surface area (Å²) in [5.41, 5.74) is 0.248. The number of aliphatic hydroxyl groups excluding tert-OH is 4. The van der Waals surface area contributed by atoms with Gasteiger partial charge in [-0.1, -0.05) is 6.58 Å². The highest BCUT2D eigenvalue weighted by atomic mass is 16.7. The Hall–Kier alpha value is -1.03. The van der Waals surface area contributed by atoms with Crippen LogP contribution in [-0.2, 0) is 19.0 Å². The lowest BCUT2D eigenvalue weighted by Crippen LogP contribution is -2.59. The van der Waals surface area contributed by atoms with Gasteiger partial charge in [0.1, 0.15) is 31.0 Å². The number of hydrogen-bond donors (Lipinski definition) is 4. The maximum absolute atomic E-state index is 11.1. The van der Waals surface area contributed by atoms with Gasteiger partial charge in [0.2, 0.25) is 0 Å². The highest BCUT2D eigenvalue weighted by Crippen LogP contribution is 2.21. The van der Waals surface area contributed by atoms with E-state index in [9.17, 15) is 20.1 Å². The van der Waals surface area contributed by atoms with Gasteiger partial charge in [-0.3, -0.25) is 0 Å². The number of carbonyl (C=O) groups excluding carboxylic acids is 1. The summed E-state index contributed by atoms with van der Waals surface area (Å²) in [5, 5.41) is 37.7. The van der Waals surface area contributed by atoms with Crippen molar-refractivity contribution in [2.24, 2.45) is 0 Å². The van der Waals surface area contributed by atoms with Crippen LogP contribution in [-0.4, -0.2) is 76.9 Å². The molecule has 1 heterocycles. The molecular weight excluding hydrogens is 272 g/mol. The van der Waals surface area contributed by atoms with Crippen molar-refractivity contribution in [3.8, 4) is 0 Å². The van der Waals surface area contributed by atoms with Crippen molar-refractivity contribution in [2.75, 3.05) is 19.8 Å². The molecule has 1 aliphatic heterocycles. The van der Waals surface area contributed by atoms with Crippen LogP contribution in [0.3, 0.4) is 0 Å². The van der Waals surface area contributed by atoms with Crippen LogP contribution in [0.25, 0.3) is 0 Å². The van der Waals surface area contributed by atoms with Crippen LogP contribution < -0.4 is 0 Å². The van der Waals surface area contributed by atoms with Crippen molar-refractivity contribution < 1.29 is 39.4 Å². The molecule has 1 rings (SSSR count). The number of aliphatic hydroxyl groups is 4. The van der Waals surface area contributed by atoms with Gasteiger partial charge in [0, 0.05) is 5.57 Å². The Balaban J connectivity index is 2.39. The van der Waals surface area contributed by atoms with Crippen molar-refractivity contribution in [1.82, 2.24) is 0 Å². The van der Waals surface area contributed by atoms with Gasteiger partial charge in [-0.15, -0.1) is 0 Å². The molecule has 0 aliphatic carbocycles. The van der Waals surface area contributed by atoms with E-state index in [0.717, 1.165) is 0 Å². The van der Waals surface area contributed by atoms with Gasteiger partial charge in [-0.25, -0.2) is 4.79 Å². The normalized spacial score (nSPS) is 33.8. The third-order valence-corrected chi connectivity index (χ3v) is 2.80. The number of esters is 1. The maximum atomic E-state index is 11.1. The molecule has 116 valence electrons. The van der Waals surface area contributed by atoms with Crippen LogP contribution in [0.1, 0.15) is 6.92 Å². The van der Waals surface area contributed by atoms with Gasteiger partial charge in [0.25, 0.3) is 0 Å². The summed E-state index contributed by atoms with van der Waals surface area (Å²) in [7, 11) is 0. The van der Waals surface area contributed by atoms with E-state index in [-0.39, 0.29) is 18.8 Å². The molecule has 1 fully saturated rings. The number of rotatable bonds is 6. The van der Waals surface area contributed by atoms with Crippen LogP contribution in [0, 0.1) is 0 Å². The zero-order valence-corrected chi connectivity index (χ0v) is 11.1. The number of carbonyl (C=O) groups is 1. The van der Waals surface area contributed by atoms with Crippen LogP contribution in [0.15, 0.2) is 12.2 Å². The van der Waals surface area contributed by atoms with E-state index < -0.39 is 43.3 Å². The summed E-state index contributed by atoms with van der Waals surface area (Å²) < 4.78 is 15.0. The fourth-order valence-corrected chi connectivity index (χ4v) is 1.63. The van der Waals surface area contributed by atoms with Crippen molar-refractivity contribution in [3.63, 3.8) is 0 Å². The van der Waals surface area contributed by atoms with Gasteiger partial charge in [0.15, 0.2) is 6.29 Å². The van der Waals surface area contributed by atoms with E-state index in [2.05, 4.69) is 6.58 Å². The van der Waals surface area contributed by atoms with E-state index in [1.807, 2.05) is 0 Å². The smallest absolute Gasteiger partial charge is 0.333 e. The average molecular weight is 292 g/mol. The first kappa shape index (κ1) is 17.0.